The molecule has 0 fully saturated rings. The van der Waals surface area contributed by atoms with Gasteiger partial charge in [0.05, 0.1) is 6.42 Å². The fourth-order valence-electron chi connectivity index (χ4n) is 1.65. The molecule has 1 aromatic carbocycles. The fraction of sp³-hybridized carbons (Fsp3) is 0.308. The molecule has 1 aromatic rings. The second kappa shape index (κ2) is 7.40. The van der Waals surface area contributed by atoms with Gasteiger partial charge in [-0.3, -0.25) is 4.79 Å². The fourth-order valence-corrected chi connectivity index (χ4v) is 2.03. The lowest BCUT2D eigenvalue weighted by Gasteiger charge is -2.28. The van der Waals surface area contributed by atoms with Crippen LogP contribution in [0.25, 0.3) is 0 Å². The van der Waals surface area contributed by atoms with E-state index in [2.05, 4.69) is 0 Å². The maximum absolute atomic E-state index is 11.1. The van der Waals surface area contributed by atoms with Crippen LogP contribution in [0.1, 0.15) is 13.3 Å². The molecular weight excluding hydrogens is 280 g/mol. The average molecular weight is 294 g/mol. The van der Waals surface area contributed by atoms with E-state index in [1.165, 1.54) is 11.8 Å². The highest BCUT2D eigenvalue weighted by Gasteiger charge is 2.21. The lowest BCUT2D eigenvalue weighted by atomic mass is 10.2. The van der Waals surface area contributed by atoms with Crippen LogP contribution in [-0.4, -0.2) is 34.7 Å². The Balaban J connectivity index is 2.94. The van der Waals surface area contributed by atoms with Crippen LogP contribution >= 0.6 is 11.8 Å². The second-order valence-corrected chi connectivity index (χ2v) is 4.90. The minimum Gasteiger partial charge on any atom is -0.481 e. The molecule has 6 nitrogen and oxygen atoms in total. The van der Waals surface area contributed by atoms with E-state index in [-0.39, 0.29) is 13.0 Å². The smallest absolute Gasteiger partial charge is 0.326 e. The molecule has 20 heavy (non-hydrogen) atoms. The SMILES string of the molecule is CC(C(=O)O)N(CCC(=O)O)c1ccc(SC#N)cc1. The van der Waals surface area contributed by atoms with Gasteiger partial charge in [-0.1, -0.05) is 0 Å². The molecule has 0 amide bonds. The molecule has 1 rings (SSSR count). The third kappa shape index (κ3) is 4.48. The molecule has 0 aliphatic heterocycles. The number of nitrogens with zero attached hydrogens (tertiary/aromatic N) is 2. The van der Waals surface area contributed by atoms with Crippen LogP contribution < -0.4 is 4.90 Å². The summed E-state index contributed by atoms with van der Waals surface area (Å²) in [6.07, 6.45) is -0.147. The van der Waals surface area contributed by atoms with Crippen LogP contribution in [0.3, 0.4) is 0 Å². The molecule has 0 saturated carbocycles. The number of hydrogen-bond donors (Lipinski definition) is 2. The van der Waals surface area contributed by atoms with Gasteiger partial charge in [0.1, 0.15) is 11.4 Å². The van der Waals surface area contributed by atoms with E-state index in [1.807, 2.05) is 5.40 Å². The van der Waals surface area contributed by atoms with Crippen LogP contribution in [0, 0.1) is 10.7 Å². The molecule has 0 spiro atoms. The summed E-state index contributed by atoms with van der Waals surface area (Å²) in [7, 11) is 0. The predicted octanol–water partition coefficient (Wildman–Crippen LogP) is 2.01. The number of carboxylic acid groups (broad SMARTS) is 2. The monoisotopic (exact) mass is 294 g/mol. The van der Waals surface area contributed by atoms with Crippen molar-refractivity contribution in [2.45, 2.75) is 24.3 Å². The molecular formula is C13H14N2O4S. The summed E-state index contributed by atoms with van der Waals surface area (Å²) in [5.74, 6) is -2.00. The zero-order valence-corrected chi connectivity index (χ0v) is 11.6. The number of benzene rings is 1. The van der Waals surface area contributed by atoms with Gasteiger partial charge in [-0.15, -0.1) is 0 Å². The van der Waals surface area contributed by atoms with Crippen molar-refractivity contribution in [3.05, 3.63) is 24.3 Å². The Morgan fingerprint density at radius 1 is 1.35 bits per heavy atom. The van der Waals surface area contributed by atoms with Crippen molar-refractivity contribution >= 4 is 29.4 Å². The summed E-state index contributed by atoms with van der Waals surface area (Å²) in [5, 5.41) is 28.3. The number of nitriles is 1. The summed E-state index contributed by atoms with van der Waals surface area (Å²) in [4.78, 5) is 24.0. The van der Waals surface area contributed by atoms with Crippen molar-refractivity contribution in [1.82, 2.24) is 0 Å². The number of anilines is 1. The van der Waals surface area contributed by atoms with Crippen molar-refractivity contribution < 1.29 is 19.8 Å². The normalized spacial score (nSPS) is 11.4. The van der Waals surface area contributed by atoms with Crippen molar-refractivity contribution in [3.8, 4) is 5.40 Å². The zero-order valence-electron chi connectivity index (χ0n) is 10.8. The van der Waals surface area contributed by atoms with Gasteiger partial charge in [0.15, 0.2) is 0 Å². The first-order chi connectivity index (χ1) is 9.45. The number of rotatable bonds is 7. The first kappa shape index (κ1) is 15.9. The summed E-state index contributed by atoms with van der Waals surface area (Å²) < 4.78 is 0. The van der Waals surface area contributed by atoms with Gasteiger partial charge < -0.3 is 15.1 Å². The van der Waals surface area contributed by atoms with Gasteiger partial charge in [-0.2, -0.15) is 5.26 Å². The van der Waals surface area contributed by atoms with Crippen molar-refractivity contribution in [2.75, 3.05) is 11.4 Å². The molecule has 1 unspecified atom stereocenters. The number of carbonyl (C=O) groups is 2. The average Bonchev–Trinajstić information content (AvgIpc) is 2.40. The molecule has 2 N–H and O–H groups in total. The lowest BCUT2D eigenvalue weighted by Crippen LogP contribution is -2.40. The van der Waals surface area contributed by atoms with E-state index in [0.717, 1.165) is 16.7 Å². The van der Waals surface area contributed by atoms with Crippen molar-refractivity contribution in [2.24, 2.45) is 0 Å². The molecule has 0 aromatic heterocycles. The second-order valence-electron chi connectivity index (χ2n) is 4.04. The third-order valence-electron chi connectivity index (χ3n) is 2.72. The van der Waals surface area contributed by atoms with Gasteiger partial charge >= 0.3 is 11.9 Å². The number of carboxylic acids is 2. The minimum absolute atomic E-state index is 0.105. The molecule has 1 atom stereocenters. The topological polar surface area (TPSA) is 102 Å². The Hall–Kier alpha value is -2.20. The summed E-state index contributed by atoms with van der Waals surface area (Å²) in [6.45, 7) is 1.61. The van der Waals surface area contributed by atoms with Gasteiger partial charge in [-0.05, 0) is 43.0 Å². The summed E-state index contributed by atoms with van der Waals surface area (Å²) in [5.41, 5.74) is 0.614. The molecule has 0 aliphatic carbocycles. The molecule has 0 radical (unpaired) electrons. The number of aliphatic carboxylic acids is 2. The highest BCUT2D eigenvalue weighted by Crippen LogP contribution is 2.23. The minimum atomic E-state index is -1.02. The highest BCUT2D eigenvalue weighted by molar-refractivity contribution is 8.03. The van der Waals surface area contributed by atoms with Crippen LogP contribution in [0.4, 0.5) is 5.69 Å². The van der Waals surface area contributed by atoms with Crippen LogP contribution in [0.15, 0.2) is 29.2 Å². The predicted molar refractivity (Wildman–Crippen MR) is 74.6 cm³/mol. The number of thioether (sulfide) groups is 1. The summed E-state index contributed by atoms with van der Waals surface area (Å²) >= 11 is 1.01. The molecule has 7 heteroatoms. The van der Waals surface area contributed by atoms with Crippen molar-refractivity contribution in [1.29, 1.82) is 5.26 Å². The van der Waals surface area contributed by atoms with Crippen molar-refractivity contribution in [3.63, 3.8) is 0 Å². The Labute approximate surface area is 120 Å². The standard InChI is InChI=1S/C13H14N2O4S/c1-9(13(18)19)15(7-6-12(16)17)10-2-4-11(5-3-10)20-8-14/h2-5,9H,6-7H2,1H3,(H,16,17)(H,18,19). The van der Waals surface area contributed by atoms with Crippen LogP contribution in [-0.2, 0) is 9.59 Å². The number of thiocyanates is 1. The van der Waals surface area contributed by atoms with Crippen LogP contribution in [0.2, 0.25) is 0 Å². The van der Waals surface area contributed by atoms with E-state index < -0.39 is 18.0 Å². The Morgan fingerprint density at radius 2 is 1.95 bits per heavy atom. The molecule has 0 saturated heterocycles. The molecule has 106 valence electrons. The summed E-state index contributed by atoms with van der Waals surface area (Å²) in [6, 6.07) is 5.93. The van der Waals surface area contributed by atoms with Gasteiger partial charge in [0, 0.05) is 17.1 Å². The van der Waals surface area contributed by atoms with E-state index in [9.17, 15) is 9.59 Å². The molecule has 0 aliphatic rings. The zero-order chi connectivity index (χ0) is 15.1. The Morgan fingerprint density at radius 3 is 2.40 bits per heavy atom. The van der Waals surface area contributed by atoms with Crippen LogP contribution in [0.5, 0.6) is 0 Å². The largest absolute Gasteiger partial charge is 0.481 e. The first-order valence-corrected chi connectivity index (χ1v) is 6.64. The highest BCUT2D eigenvalue weighted by atomic mass is 32.2. The lowest BCUT2D eigenvalue weighted by molar-refractivity contribution is -0.139. The van der Waals surface area contributed by atoms with E-state index in [0.29, 0.717) is 5.69 Å². The van der Waals surface area contributed by atoms with Gasteiger partial charge in [0.25, 0.3) is 0 Å². The van der Waals surface area contributed by atoms with Gasteiger partial charge in [0.2, 0.25) is 0 Å². The first-order valence-electron chi connectivity index (χ1n) is 5.83. The van der Waals surface area contributed by atoms with Gasteiger partial charge in [-0.25, -0.2) is 4.79 Å². The van der Waals surface area contributed by atoms with E-state index in [4.69, 9.17) is 15.5 Å². The maximum Gasteiger partial charge on any atom is 0.326 e. The van der Waals surface area contributed by atoms with E-state index in [1.54, 1.807) is 24.3 Å². The third-order valence-corrected chi connectivity index (χ3v) is 3.32. The molecule has 0 heterocycles. The quantitative estimate of drug-likeness (QED) is 0.586. The molecule has 0 bridgehead atoms. The Bertz CT molecular complexity index is 524. The maximum atomic E-state index is 11.1. The Kier molecular flexibility index (Phi) is 5.87. The number of hydrogen-bond acceptors (Lipinski definition) is 5. The van der Waals surface area contributed by atoms with E-state index >= 15 is 0 Å².